The molecule has 1 aromatic carbocycles. The van der Waals surface area contributed by atoms with Gasteiger partial charge in [-0.05, 0) is 30.2 Å². The summed E-state index contributed by atoms with van der Waals surface area (Å²) in [6.45, 7) is 6.36. The normalized spacial score (nSPS) is 16.0. The van der Waals surface area contributed by atoms with Gasteiger partial charge >= 0.3 is 5.97 Å². The van der Waals surface area contributed by atoms with Gasteiger partial charge in [0.2, 0.25) is 5.91 Å². The summed E-state index contributed by atoms with van der Waals surface area (Å²) in [6.07, 6.45) is 5.94. The third-order valence-corrected chi connectivity index (χ3v) is 6.07. The summed E-state index contributed by atoms with van der Waals surface area (Å²) in [6, 6.07) is 6.85. The number of amides is 2. The maximum atomic E-state index is 13.2. The van der Waals surface area contributed by atoms with E-state index in [-0.39, 0.29) is 13.0 Å². The first-order valence-corrected chi connectivity index (χ1v) is 11.4. The molecule has 1 aliphatic rings. The molecule has 1 atom stereocenters. The summed E-state index contributed by atoms with van der Waals surface area (Å²) >= 11 is 0. The molecule has 1 aliphatic carbocycles. The molecule has 2 amide bonds. The second-order valence-electron chi connectivity index (χ2n) is 9.76. The highest BCUT2D eigenvalue weighted by atomic mass is 16.4. The quantitative estimate of drug-likeness (QED) is 0.580. The maximum absolute atomic E-state index is 13.2. The Morgan fingerprint density at radius 3 is 2.50 bits per heavy atom. The van der Waals surface area contributed by atoms with E-state index in [1.54, 1.807) is 0 Å². The fourth-order valence-corrected chi connectivity index (χ4v) is 4.32. The molecule has 1 heterocycles. The number of fused-ring (bicyclic) bond motifs is 1. The maximum Gasteiger partial charge on any atom is 0.305 e. The minimum Gasteiger partial charge on any atom is -0.481 e. The number of hydrogen-bond donors (Lipinski definition) is 3. The predicted octanol–water partition coefficient (Wildman–Crippen LogP) is 3.35. The Bertz CT molecular complexity index is 970. The van der Waals surface area contributed by atoms with Gasteiger partial charge in [0.15, 0.2) is 5.69 Å². The minimum atomic E-state index is -0.989. The monoisotopic (exact) mass is 442 g/mol. The van der Waals surface area contributed by atoms with Gasteiger partial charge in [0.25, 0.3) is 5.91 Å². The van der Waals surface area contributed by atoms with E-state index in [0.717, 1.165) is 17.4 Å². The topological polar surface area (TPSA) is 113 Å². The third-order valence-electron chi connectivity index (χ3n) is 6.07. The molecule has 1 saturated carbocycles. The Balaban J connectivity index is 1.81. The highest BCUT2D eigenvalue weighted by Crippen LogP contribution is 2.27. The molecule has 2 aromatic rings. The largest absolute Gasteiger partial charge is 0.481 e. The summed E-state index contributed by atoms with van der Waals surface area (Å²) in [5.41, 5.74) is 0.661. The predicted molar refractivity (Wildman–Crippen MR) is 122 cm³/mol. The van der Waals surface area contributed by atoms with E-state index in [0.29, 0.717) is 11.6 Å². The van der Waals surface area contributed by atoms with Gasteiger partial charge in [-0.15, -0.1) is 0 Å². The molecule has 174 valence electrons. The van der Waals surface area contributed by atoms with Crippen LogP contribution in [0.15, 0.2) is 24.3 Å². The minimum absolute atomic E-state index is 0.00949. The molecule has 8 nitrogen and oxygen atoms in total. The van der Waals surface area contributed by atoms with Crippen LogP contribution in [-0.4, -0.2) is 45.3 Å². The molecule has 1 aromatic heterocycles. The van der Waals surface area contributed by atoms with Crippen molar-refractivity contribution in [1.82, 2.24) is 20.4 Å². The lowest BCUT2D eigenvalue weighted by atomic mass is 9.86. The first kappa shape index (κ1) is 23.8. The summed E-state index contributed by atoms with van der Waals surface area (Å²) in [5, 5.41) is 19.7. The van der Waals surface area contributed by atoms with Crippen LogP contribution in [0.4, 0.5) is 0 Å². The van der Waals surface area contributed by atoms with Crippen molar-refractivity contribution in [3.05, 3.63) is 30.0 Å². The average molecular weight is 443 g/mol. The zero-order valence-electron chi connectivity index (χ0n) is 19.2. The highest BCUT2D eigenvalue weighted by Gasteiger charge is 2.34. The molecule has 0 radical (unpaired) electrons. The molecule has 0 saturated heterocycles. The van der Waals surface area contributed by atoms with Crippen molar-refractivity contribution >= 4 is 28.7 Å². The van der Waals surface area contributed by atoms with Crippen LogP contribution < -0.4 is 10.6 Å². The van der Waals surface area contributed by atoms with Gasteiger partial charge in [0, 0.05) is 18.5 Å². The van der Waals surface area contributed by atoms with Crippen molar-refractivity contribution in [3.8, 4) is 0 Å². The number of aromatic nitrogens is 2. The zero-order valence-corrected chi connectivity index (χ0v) is 19.2. The number of carbonyl (C=O) groups excluding carboxylic acids is 2. The zero-order chi connectivity index (χ0) is 23.3. The lowest BCUT2D eigenvalue weighted by molar-refractivity contribution is -0.137. The fraction of sp³-hybridized carbons (Fsp3) is 0.583. The molecule has 8 heteroatoms. The fourth-order valence-electron chi connectivity index (χ4n) is 4.32. The van der Waals surface area contributed by atoms with Crippen LogP contribution in [0.25, 0.3) is 10.9 Å². The molecule has 0 unspecified atom stereocenters. The van der Waals surface area contributed by atoms with Crippen LogP contribution in [0.1, 0.15) is 69.8 Å². The van der Waals surface area contributed by atoms with E-state index in [1.165, 1.54) is 32.1 Å². The molecule has 32 heavy (non-hydrogen) atoms. The lowest BCUT2D eigenvalue weighted by Gasteiger charge is -2.30. The summed E-state index contributed by atoms with van der Waals surface area (Å²) in [4.78, 5) is 36.7. The molecule has 1 fully saturated rings. The van der Waals surface area contributed by atoms with Crippen molar-refractivity contribution < 1.29 is 19.5 Å². The molecule has 0 spiro atoms. The number of para-hydroxylation sites is 1. The van der Waals surface area contributed by atoms with Gasteiger partial charge in [0.1, 0.15) is 6.04 Å². The molecular weight excluding hydrogens is 408 g/mol. The Morgan fingerprint density at radius 2 is 1.84 bits per heavy atom. The van der Waals surface area contributed by atoms with E-state index in [2.05, 4.69) is 15.7 Å². The lowest BCUT2D eigenvalue weighted by Crippen LogP contribution is -2.53. The Kier molecular flexibility index (Phi) is 7.53. The number of aliphatic carboxylic acids is 1. The number of nitrogens with one attached hydrogen (secondary N) is 2. The van der Waals surface area contributed by atoms with Crippen LogP contribution in [0, 0.1) is 11.3 Å². The number of hydrogen-bond acceptors (Lipinski definition) is 4. The van der Waals surface area contributed by atoms with Crippen molar-refractivity contribution in [3.63, 3.8) is 0 Å². The standard InChI is InChI=1S/C24H34N4O4/c1-24(2,3)21(23(32)25-14-13-19(29)30)26-22(31)20-17-11-7-8-12-18(17)28(27-20)15-16-9-5-4-6-10-16/h7-8,11-12,16,21H,4-6,9-10,13-15H2,1-3H3,(H,25,32)(H,26,31)(H,29,30)/t21-/m1/s1. The van der Waals surface area contributed by atoms with Crippen LogP contribution in [0.2, 0.25) is 0 Å². The smallest absolute Gasteiger partial charge is 0.305 e. The van der Waals surface area contributed by atoms with E-state index in [1.807, 2.05) is 49.7 Å². The Hall–Kier alpha value is -2.90. The second-order valence-corrected chi connectivity index (χ2v) is 9.76. The summed E-state index contributed by atoms with van der Waals surface area (Å²) in [7, 11) is 0. The average Bonchev–Trinajstić information content (AvgIpc) is 3.10. The second kappa shape index (κ2) is 10.1. The van der Waals surface area contributed by atoms with Crippen LogP contribution in [-0.2, 0) is 16.1 Å². The number of benzene rings is 1. The van der Waals surface area contributed by atoms with Gasteiger partial charge < -0.3 is 15.7 Å². The van der Waals surface area contributed by atoms with Crippen molar-refractivity contribution in [2.24, 2.45) is 11.3 Å². The number of carboxylic acid groups (broad SMARTS) is 1. The van der Waals surface area contributed by atoms with Gasteiger partial charge in [-0.2, -0.15) is 5.10 Å². The number of nitrogens with zero attached hydrogens (tertiary/aromatic N) is 2. The van der Waals surface area contributed by atoms with Gasteiger partial charge in [-0.1, -0.05) is 58.2 Å². The first-order chi connectivity index (χ1) is 15.2. The summed E-state index contributed by atoms with van der Waals surface area (Å²) in [5.74, 6) is -1.24. The molecular formula is C24H34N4O4. The van der Waals surface area contributed by atoms with Gasteiger partial charge in [-0.3, -0.25) is 19.1 Å². The van der Waals surface area contributed by atoms with E-state index in [9.17, 15) is 14.4 Å². The SMILES string of the molecule is CC(C)(C)[C@H](NC(=O)c1nn(CC2CCCCC2)c2ccccc12)C(=O)NCCC(=O)O. The highest BCUT2D eigenvalue weighted by molar-refractivity contribution is 6.06. The van der Waals surface area contributed by atoms with E-state index >= 15 is 0 Å². The van der Waals surface area contributed by atoms with Gasteiger partial charge in [-0.25, -0.2) is 0 Å². The molecule has 3 rings (SSSR count). The van der Waals surface area contributed by atoms with Crippen LogP contribution in [0.3, 0.4) is 0 Å². The van der Waals surface area contributed by atoms with Crippen LogP contribution >= 0.6 is 0 Å². The van der Waals surface area contributed by atoms with E-state index < -0.39 is 29.2 Å². The first-order valence-electron chi connectivity index (χ1n) is 11.4. The van der Waals surface area contributed by atoms with Crippen molar-refractivity contribution in [2.45, 2.75) is 71.9 Å². The Morgan fingerprint density at radius 1 is 1.16 bits per heavy atom. The molecule has 0 bridgehead atoms. The molecule has 3 N–H and O–H groups in total. The number of carboxylic acids is 1. The van der Waals surface area contributed by atoms with Crippen molar-refractivity contribution in [2.75, 3.05) is 6.54 Å². The van der Waals surface area contributed by atoms with Gasteiger partial charge in [0.05, 0.1) is 11.9 Å². The molecule has 0 aliphatic heterocycles. The van der Waals surface area contributed by atoms with E-state index in [4.69, 9.17) is 5.11 Å². The number of carbonyl (C=O) groups is 3. The van der Waals surface area contributed by atoms with Crippen LogP contribution in [0.5, 0.6) is 0 Å². The summed E-state index contributed by atoms with van der Waals surface area (Å²) < 4.78 is 1.93. The Labute approximate surface area is 188 Å². The third kappa shape index (κ3) is 5.87. The number of rotatable bonds is 8. The van der Waals surface area contributed by atoms with Crippen molar-refractivity contribution in [1.29, 1.82) is 0 Å².